The number of aromatic nitrogens is 2. The topological polar surface area (TPSA) is 73.7 Å². The van der Waals surface area contributed by atoms with Gasteiger partial charge in [0.1, 0.15) is 24.0 Å². The maximum Gasteiger partial charge on any atom is 0.262 e. The molecular formula is C22H24FN3O4S. The molecule has 3 aromatic rings. The molecule has 164 valence electrons. The predicted molar refractivity (Wildman–Crippen MR) is 112 cm³/mol. The molecule has 0 saturated carbocycles. The Morgan fingerprint density at radius 3 is 2.74 bits per heavy atom. The zero-order valence-corrected chi connectivity index (χ0v) is 18.2. The second kappa shape index (κ2) is 8.78. The van der Waals surface area contributed by atoms with Crippen molar-refractivity contribution >= 4 is 10.0 Å². The lowest BCUT2D eigenvalue weighted by Gasteiger charge is -2.18. The van der Waals surface area contributed by atoms with Gasteiger partial charge in [-0.1, -0.05) is 24.3 Å². The van der Waals surface area contributed by atoms with Crippen LogP contribution in [0.2, 0.25) is 0 Å². The first kappa shape index (κ1) is 21.5. The molecule has 0 saturated heterocycles. The van der Waals surface area contributed by atoms with E-state index < -0.39 is 10.0 Å². The van der Waals surface area contributed by atoms with Crippen molar-refractivity contribution in [3.63, 3.8) is 0 Å². The van der Waals surface area contributed by atoms with E-state index in [1.807, 2.05) is 18.2 Å². The Morgan fingerprint density at radius 2 is 2.00 bits per heavy atom. The number of hydrogen-bond donors (Lipinski definition) is 0. The van der Waals surface area contributed by atoms with E-state index in [2.05, 4.69) is 4.98 Å². The number of sulfonamides is 1. The van der Waals surface area contributed by atoms with Gasteiger partial charge in [-0.2, -0.15) is 4.31 Å². The smallest absolute Gasteiger partial charge is 0.262 e. The van der Waals surface area contributed by atoms with Gasteiger partial charge in [0.2, 0.25) is 0 Å². The van der Waals surface area contributed by atoms with Gasteiger partial charge in [-0.15, -0.1) is 0 Å². The van der Waals surface area contributed by atoms with Crippen LogP contribution in [0.15, 0.2) is 53.7 Å². The summed E-state index contributed by atoms with van der Waals surface area (Å²) >= 11 is 0. The Kier molecular flexibility index (Phi) is 6.08. The van der Waals surface area contributed by atoms with Crippen LogP contribution in [0, 0.1) is 12.7 Å². The van der Waals surface area contributed by atoms with Crippen LogP contribution in [0.4, 0.5) is 4.39 Å². The van der Waals surface area contributed by atoms with Crippen LogP contribution in [0.25, 0.3) is 0 Å². The van der Waals surface area contributed by atoms with Gasteiger partial charge < -0.3 is 14.0 Å². The molecular weight excluding hydrogens is 421 g/mol. The highest BCUT2D eigenvalue weighted by Crippen LogP contribution is 2.28. The Hall–Kier alpha value is -2.75. The molecule has 31 heavy (non-hydrogen) atoms. The highest BCUT2D eigenvalue weighted by Gasteiger charge is 2.30. The molecule has 0 amide bonds. The molecule has 0 spiro atoms. The van der Waals surface area contributed by atoms with Crippen LogP contribution in [-0.4, -0.2) is 35.4 Å². The fourth-order valence-corrected chi connectivity index (χ4v) is 4.82. The zero-order chi connectivity index (χ0) is 22.0. The number of hydrogen-bond acceptors (Lipinski definition) is 5. The minimum Gasteiger partial charge on any atom is -0.492 e. The molecule has 1 aromatic heterocycles. The lowest BCUT2D eigenvalue weighted by Crippen LogP contribution is -2.32. The fraction of sp³-hybridized carbons (Fsp3) is 0.318. The Morgan fingerprint density at radius 1 is 1.19 bits per heavy atom. The van der Waals surface area contributed by atoms with E-state index in [0.717, 1.165) is 11.1 Å². The third-order valence-electron chi connectivity index (χ3n) is 5.24. The molecule has 0 unspecified atom stereocenters. The van der Waals surface area contributed by atoms with Gasteiger partial charge in [-0.3, -0.25) is 0 Å². The summed E-state index contributed by atoms with van der Waals surface area (Å²) in [6, 6.07) is 12.0. The number of halogens is 1. The summed E-state index contributed by atoms with van der Waals surface area (Å²) in [6.07, 6.45) is 1.52. The van der Waals surface area contributed by atoms with Gasteiger partial charge in [0, 0.05) is 37.5 Å². The summed E-state index contributed by atoms with van der Waals surface area (Å²) in [4.78, 5) is 4.18. The van der Waals surface area contributed by atoms with Gasteiger partial charge in [0.25, 0.3) is 10.0 Å². The molecule has 0 bridgehead atoms. The molecule has 2 aromatic carbocycles. The normalized spacial score (nSPS) is 14.7. The molecule has 1 aliphatic heterocycles. The van der Waals surface area contributed by atoms with Crippen LogP contribution in [0.3, 0.4) is 0 Å². The molecule has 2 heterocycles. The Labute approximate surface area is 181 Å². The molecule has 0 atom stereocenters. The molecule has 7 nitrogen and oxygen atoms in total. The number of nitrogens with zero attached hydrogens (tertiary/aromatic N) is 3. The minimum atomic E-state index is -3.75. The Balaban J connectivity index is 1.49. The lowest BCUT2D eigenvalue weighted by molar-refractivity contribution is 0.105. The third kappa shape index (κ3) is 4.63. The van der Waals surface area contributed by atoms with Crippen molar-refractivity contribution < 1.29 is 22.3 Å². The van der Waals surface area contributed by atoms with E-state index >= 15 is 0 Å². The predicted octanol–water partition coefficient (Wildman–Crippen LogP) is 3.17. The van der Waals surface area contributed by atoms with Crippen molar-refractivity contribution in [1.29, 1.82) is 0 Å². The van der Waals surface area contributed by atoms with Crippen molar-refractivity contribution in [3.05, 3.63) is 77.0 Å². The molecule has 0 N–H and O–H groups in total. The summed E-state index contributed by atoms with van der Waals surface area (Å²) in [6.45, 7) is 2.84. The largest absolute Gasteiger partial charge is 0.492 e. The number of rotatable bonds is 6. The number of ether oxygens (including phenoxy) is 2. The zero-order valence-electron chi connectivity index (χ0n) is 17.4. The van der Waals surface area contributed by atoms with Crippen molar-refractivity contribution in [3.8, 4) is 5.75 Å². The van der Waals surface area contributed by atoms with E-state index in [0.29, 0.717) is 17.1 Å². The average molecular weight is 446 g/mol. The van der Waals surface area contributed by atoms with Gasteiger partial charge >= 0.3 is 0 Å². The van der Waals surface area contributed by atoms with Crippen molar-refractivity contribution in [2.75, 3.05) is 13.2 Å². The minimum absolute atomic E-state index is 0.0281. The van der Waals surface area contributed by atoms with E-state index in [1.165, 1.54) is 16.6 Å². The second-order valence-corrected chi connectivity index (χ2v) is 9.34. The highest BCUT2D eigenvalue weighted by atomic mass is 32.2. The number of aryl methyl sites for hydroxylation is 2. The summed E-state index contributed by atoms with van der Waals surface area (Å²) in [7, 11) is -1.99. The number of fused-ring (bicyclic) bond motifs is 1. The molecule has 9 heteroatoms. The first-order valence-electron chi connectivity index (χ1n) is 9.90. The quantitative estimate of drug-likeness (QED) is 0.583. The fourth-order valence-electron chi connectivity index (χ4n) is 3.40. The van der Waals surface area contributed by atoms with Crippen LogP contribution >= 0.6 is 0 Å². The van der Waals surface area contributed by atoms with Crippen LogP contribution < -0.4 is 4.74 Å². The van der Waals surface area contributed by atoms with Gasteiger partial charge in [-0.25, -0.2) is 17.8 Å². The maximum atomic E-state index is 13.7. The summed E-state index contributed by atoms with van der Waals surface area (Å²) in [5.74, 6) is 0.968. The maximum absolute atomic E-state index is 13.7. The lowest BCUT2D eigenvalue weighted by atomic mass is 10.1. The average Bonchev–Trinajstić information content (AvgIpc) is 2.96. The molecule has 1 aliphatic rings. The molecule has 0 aliphatic carbocycles. The standard InChI is InChI=1S/C22H24FN3O4S/c1-16-24-22(13-25(16)2)31(27,28)26-9-10-30-21-8-7-17(11-19(21)12-26)14-29-15-18-5-3-4-6-20(18)23/h3-8,11,13H,9-10,12,14-15H2,1-2H3. The van der Waals surface area contributed by atoms with Crippen LogP contribution in [-0.2, 0) is 41.6 Å². The van der Waals surface area contributed by atoms with E-state index in [-0.39, 0.29) is 43.8 Å². The van der Waals surface area contributed by atoms with Crippen molar-refractivity contribution in [2.24, 2.45) is 7.05 Å². The number of benzene rings is 2. The first-order chi connectivity index (χ1) is 14.8. The SMILES string of the molecule is Cc1nc(S(=O)(=O)N2CCOc3ccc(COCc4ccccc4F)cc3C2)cn1C. The second-order valence-electron chi connectivity index (χ2n) is 7.45. The van der Waals surface area contributed by atoms with E-state index in [1.54, 1.807) is 36.7 Å². The first-order valence-corrected chi connectivity index (χ1v) is 11.3. The van der Waals surface area contributed by atoms with Crippen molar-refractivity contribution in [1.82, 2.24) is 13.9 Å². The molecule has 4 rings (SSSR count). The molecule has 0 fully saturated rings. The van der Waals surface area contributed by atoms with Crippen LogP contribution in [0.5, 0.6) is 5.75 Å². The monoisotopic (exact) mass is 445 g/mol. The van der Waals surface area contributed by atoms with E-state index in [4.69, 9.17) is 9.47 Å². The van der Waals surface area contributed by atoms with Gasteiger partial charge in [-0.05, 0) is 30.7 Å². The van der Waals surface area contributed by atoms with Gasteiger partial charge in [0.05, 0.1) is 13.2 Å². The third-order valence-corrected chi connectivity index (χ3v) is 6.96. The van der Waals surface area contributed by atoms with Crippen molar-refractivity contribution in [2.45, 2.75) is 31.7 Å². The van der Waals surface area contributed by atoms with E-state index in [9.17, 15) is 12.8 Å². The summed E-state index contributed by atoms with van der Waals surface area (Å²) in [5, 5.41) is 0.0281. The highest BCUT2D eigenvalue weighted by molar-refractivity contribution is 7.89. The number of imidazole rings is 1. The summed E-state index contributed by atoms with van der Waals surface area (Å²) in [5.41, 5.74) is 2.09. The van der Waals surface area contributed by atoms with Crippen LogP contribution in [0.1, 0.15) is 22.5 Å². The Bertz CT molecular complexity index is 1170. The molecule has 0 radical (unpaired) electrons. The van der Waals surface area contributed by atoms with Gasteiger partial charge in [0.15, 0.2) is 5.03 Å². The summed E-state index contributed by atoms with van der Waals surface area (Å²) < 4.78 is 54.4.